The van der Waals surface area contributed by atoms with Crippen LogP contribution in [0.2, 0.25) is 0 Å². The smallest absolute Gasteiger partial charge is 0.271 e. The Morgan fingerprint density at radius 1 is 1.47 bits per heavy atom. The van der Waals surface area contributed by atoms with Crippen molar-refractivity contribution in [2.24, 2.45) is 0 Å². The van der Waals surface area contributed by atoms with Crippen molar-refractivity contribution in [3.8, 4) is 0 Å². The zero-order valence-corrected chi connectivity index (χ0v) is 8.92. The fourth-order valence-corrected chi connectivity index (χ4v) is 1.55. The Hall–Kier alpha value is -1.83. The third kappa shape index (κ3) is 1.99. The largest absolute Gasteiger partial charge is 0.288 e. The zero-order valence-electron chi connectivity index (χ0n) is 8.11. The third-order valence-corrected chi connectivity index (χ3v) is 2.51. The molecule has 78 valence electrons. The summed E-state index contributed by atoms with van der Waals surface area (Å²) in [6, 6.07) is 0. The highest BCUT2D eigenvalue weighted by Gasteiger charge is 2.14. The topological polar surface area (TPSA) is 96.5 Å². The van der Waals surface area contributed by atoms with Gasteiger partial charge in [0, 0.05) is 0 Å². The molecule has 2 aromatic rings. The van der Waals surface area contributed by atoms with Crippen LogP contribution in [0.5, 0.6) is 0 Å². The number of amides is 1. The number of H-pyrrole nitrogens is 1. The van der Waals surface area contributed by atoms with E-state index in [4.69, 9.17) is 0 Å². The fourth-order valence-electron chi connectivity index (χ4n) is 0.997. The van der Waals surface area contributed by atoms with Gasteiger partial charge < -0.3 is 0 Å². The van der Waals surface area contributed by atoms with Crippen LogP contribution in [0, 0.1) is 13.8 Å². The molecule has 2 heterocycles. The van der Waals surface area contributed by atoms with E-state index < -0.39 is 0 Å². The lowest BCUT2D eigenvalue weighted by molar-refractivity contribution is 0.102. The molecule has 2 N–H and O–H groups in total. The van der Waals surface area contributed by atoms with Gasteiger partial charge in [-0.2, -0.15) is 4.98 Å². The highest BCUT2D eigenvalue weighted by Crippen LogP contribution is 2.10. The second-order valence-corrected chi connectivity index (χ2v) is 3.64. The van der Waals surface area contributed by atoms with E-state index >= 15 is 0 Å². The second kappa shape index (κ2) is 3.73. The van der Waals surface area contributed by atoms with E-state index in [9.17, 15) is 4.79 Å². The van der Waals surface area contributed by atoms with E-state index in [1.807, 2.05) is 0 Å². The van der Waals surface area contributed by atoms with Crippen molar-refractivity contribution in [2.45, 2.75) is 13.8 Å². The molecule has 8 heteroatoms. The molecular formula is C7H8N6OS. The third-order valence-electron chi connectivity index (χ3n) is 1.68. The van der Waals surface area contributed by atoms with Gasteiger partial charge in [0.25, 0.3) is 5.91 Å². The Morgan fingerprint density at radius 2 is 2.27 bits per heavy atom. The average Bonchev–Trinajstić information content (AvgIpc) is 2.75. The Morgan fingerprint density at radius 3 is 2.80 bits per heavy atom. The Bertz CT molecular complexity index is 489. The summed E-state index contributed by atoms with van der Waals surface area (Å²) < 4.78 is 3.67. The molecule has 0 spiro atoms. The number of rotatable bonds is 2. The maximum atomic E-state index is 11.6. The summed E-state index contributed by atoms with van der Waals surface area (Å²) in [6.07, 6.45) is 0. The summed E-state index contributed by atoms with van der Waals surface area (Å²) in [4.78, 5) is 16.1. The van der Waals surface area contributed by atoms with E-state index in [1.54, 1.807) is 13.8 Å². The van der Waals surface area contributed by atoms with Crippen LogP contribution in [0.1, 0.15) is 21.2 Å². The van der Waals surface area contributed by atoms with Crippen molar-refractivity contribution in [1.29, 1.82) is 0 Å². The van der Waals surface area contributed by atoms with Gasteiger partial charge >= 0.3 is 0 Å². The minimum Gasteiger partial charge on any atom is -0.288 e. The van der Waals surface area contributed by atoms with Gasteiger partial charge in [-0.25, -0.2) is 0 Å². The first kappa shape index (κ1) is 9.71. The number of carbonyl (C=O) groups excluding carboxylic acids is 1. The molecule has 0 unspecified atom stereocenters. The summed E-state index contributed by atoms with van der Waals surface area (Å²) in [6.45, 7) is 3.48. The molecule has 15 heavy (non-hydrogen) atoms. The standard InChI is InChI=1S/C7H8N6OS/c1-3-5(15-13-10-3)6(14)9-7-8-4(2)11-12-7/h1-2H3,(H2,8,9,11,12,14). The molecule has 0 aromatic carbocycles. The molecule has 0 saturated heterocycles. The number of aromatic nitrogens is 5. The van der Waals surface area contributed by atoms with Crippen molar-refractivity contribution in [1.82, 2.24) is 24.8 Å². The number of hydrogen-bond acceptors (Lipinski definition) is 6. The Balaban J connectivity index is 2.14. The minimum atomic E-state index is -0.290. The van der Waals surface area contributed by atoms with E-state index in [1.165, 1.54) is 0 Å². The molecule has 0 aliphatic carbocycles. The molecule has 0 aliphatic heterocycles. The van der Waals surface area contributed by atoms with E-state index in [0.29, 0.717) is 16.4 Å². The van der Waals surface area contributed by atoms with Crippen LogP contribution >= 0.6 is 11.5 Å². The van der Waals surface area contributed by atoms with Gasteiger partial charge in [0.15, 0.2) is 0 Å². The van der Waals surface area contributed by atoms with Gasteiger partial charge in [-0.1, -0.05) is 4.49 Å². The van der Waals surface area contributed by atoms with E-state index in [-0.39, 0.29) is 11.9 Å². The number of nitrogens with one attached hydrogen (secondary N) is 2. The second-order valence-electron chi connectivity index (χ2n) is 2.89. The molecule has 0 saturated carbocycles. The molecule has 2 rings (SSSR count). The Kier molecular flexibility index (Phi) is 2.42. The van der Waals surface area contributed by atoms with Gasteiger partial charge in [0.2, 0.25) is 5.95 Å². The van der Waals surface area contributed by atoms with Crippen LogP contribution in [0.15, 0.2) is 0 Å². The summed E-state index contributed by atoms with van der Waals surface area (Å²) in [5.74, 6) is 0.608. The predicted octanol–water partition coefficient (Wildman–Crippen LogP) is 0.525. The van der Waals surface area contributed by atoms with Crippen molar-refractivity contribution in [3.05, 3.63) is 16.4 Å². The quantitative estimate of drug-likeness (QED) is 0.775. The van der Waals surface area contributed by atoms with Crippen LogP contribution in [0.4, 0.5) is 5.95 Å². The average molecular weight is 224 g/mol. The maximum Gasteiger partial charge on any atom is 0.271 e. The number of nitrogens with zero attached hydrogens (tertiary/aromatic N) is 4. The summed E-state index contributed by atoms with van der Waals surface area (Å²) >= 11 is 1.04. The van der Waals surface area contributed by atoms with Crippen molar-refractivity contribution in [3.63, 3.8) is 0 Å². The van der Waals surface area contributed by atoms with Crippen LogP contribution in [-0.4, -0.2) is 30.7 Å². The van der Waals surface area contributed by atoms with E-state index in [2.05, 4.69) is 30.1 Å². The molecule has 0 fully saturated rings. The molecule has 0 radical (unpaired) electrons. The zero-order chi connectivity index (χ0) is 10.8. The lowest BCUT2D eigenvalue weighted by Gasteiger charge is -1.96. The molecular weight excluding hydrogens is 216 g/mol. The first-order chi connectivity index (χ1) is 7.16. The monoisotopic (exact) mass is 224 g/mol. The van der Waals surface area contributed by atoms with Crippen molar-refractivity contribution < 1.29 is 4.79 Å². The van der Waals surface area contributed by atoms with Gasteiger partial charge in [-0.15, -0.1) is 10.2 Å². The predicted molar refractivity (Wildman–Crippen MR) is 53.7 cm³/mol. The van der Waals surface area contributed by atoms with Crippen LogP contribution in [0.3, 0.4) is 0 Å². The van der Waals surface area contributed by atoms with Gasteiger partial charge in [-0.05, 0) is 25.4 Å². The van der Waals surface area contributed by atoms with Crippen molar-refractivity contribution in [2.75, 3.05) is 5.32 Å². The lowest BCUT2D eigenvalue weighted by Crippen LogP contribution is -2.12. The van der Waals surface area contributed by atoms with E-state index in [0.717, 1.165) is 11.5 Å². The SMILES string of the molecule is Cc1nc(NC(=O)c2snnc2C)n[nH]1. The summed E-state index contributed by atoms with van der Waals surface area (Å²) in [5.41, 5.74) is 0.602. The first-order valence-corrected chi connectivity index (χ1v) is 4.93. The highest BCUT2D eigenvalue weighted by molar-refractivity contribution is 7.08. The Labute approximate surface area is 89.1 Å². The molecule has 1 amide bonds. The highest BCUT2D eigenvalue weighted by atomic mass is 32.1. The fraction of sp³-hybridized carbons (Fsp3) is 0.286. The van der Waals surface area contributed by atoms with Crippen LogP contribution in [0.25, 0.3) is 0 Å². The molecule has 7 nitrogen and oxygen atoms in total. The molecule has 0 bridgehead atoms. The first-order valence-electron chi connectivity index (χ1n) is 4.16. The number of carbonyl (C=O) groups is 1. The minimum absolute atomic E-state index is 0.255. The molecule has 0 aliphatic rings. The van der Waals surface area contributed by atoms with Crippen molar-refractivity contribution >= 4 is 23.4 Å². The maximum absolute atomic E-state index is 11.6. The number of aromatic amines is 1. The summed E-state index contributed by atoms with van der Waals surface area (Å²) in [5, 5.41) is 12.7. The number of anilines is 1. The number of hydrogen-bond donors (Lipinski definition) is 2. The lowest BCUT2D eigenvalue weighted by atomic mass is 10.4. The van der Waals surface area contributed by atoms with Gasteiger partial charge in [-0.3, -0.25) is 15.2 Å². The normalized spacial score (nSPS) is 10.3. The van der Waals surface area contributed by atoms with Crippen LogP contribution in [-0.2, 0) is 0 Å². The van der Waals surface area contributed by atoms with Crippen LogP contribution < -0.4 is 5.32 Å². The number of aryl methyl sites for hydroxylation is 2. The molecule has 0 atom stereocenters. The van der Waals surface area contributed by atoms with Gasteiger partial charge in [0.1, 0.15) is 10.7 Å². The van der Waals surface area contributed by atoms with Gasteiger partial charge in [0.05, 0.1) is 5.69 Å². The summed E-state index contributed by atoms with van der Waals surface area (Å²) in [7, 11) is 0. The molecule has 2 aromatic heterocycles.